The van der Waals surface area contributed by atoms with Gasteiger partial charge in [-0.3, -0.25) is 0 Å². The predicted molar refractivity (Wildman–Crippen MR) is 85.6 cm³/mol. The molecule has 3 aromatic rings. The van der Waals surface area contributed by atoms with Crippen LogP contribution in [0.2, 0.25) is 0 Å². The first-order valence-electron chi connectivity index (χ1n) is 7.18. The fourth-order valence-corrected chi connectivity index (χ4v) is 4.99. The van der Waals surface area contributed by atoms with E-state index in [1.807, 2.05) is 6.07 Å². The van der Waals surface area contributed by atoms with E-state index in [0.29, 0.717) is 21.2 Å². The number of fused-ring (bicyclic) bond motifs is 1. The number of aryl methyl sites for hydroxylation is 1. The summed E-state index contributed by atoms with van der Waals surface area (Å²) in [6.45, 7) is 2.61. The van der Waals surface area contributed by atoms with Crippen molar-refractivity contribution in [2.45, 2.75) is 26.3 Å². The number of halogens is 1. The molecule has 1 heterocycles. The molecule has 4 heteroatoms. The first-order chi connectivity index (χ1) is 10.2. The van der Waals surface area contributed by atoms with E-state index in [4.69, 9.17) is 0 Å². The summed E-state index contributed by atoms with van der Waals surface area (Å²) >= 11 is 0.318. The normalized spacial score (nSPS) is 10.4. The average molecular weight is 379 g/mol. The largest absolute Gasteiger partial charge is 1.00 e. The van der Waals surface area contributed by atoms with Crippen LogP contribution in [0, 0.1) is 0 Å². The van der Waals surface area contributed by atoms with E-state index in [0.717, 1.165) is 13.0 Å². The van der Waals surface area contributed by atoms with Gasteiger partial charge in [-0.25, -0.2) is 0 Å². The number of ketones is 1. The maximum Gasteiger partial charge on any atom is -1.00 e. The van der Waals surface area contributed by atoms with Gasteiger partial charge in [0.2, 0.25) is 0 Å². The molecule has 0 amide bonds. The molecule has 0 aliphatic rings. The zero-order valence-electron chi connectivity index (χ0n) is 12.5. The van der Waals surface area contributed by atoms with Crippen molar-refractivity contribution in [2.24, 2.45) is 0 Å². The van der Waals surface area contributed by atoms with Crippen LogP contribution in [0.3, 0.4) is 0 Å². The molecule has 3 rings (SSSR count). The van der Waals surface area contributed by atoms with Gasteiger partial charge in [0, 0.05) is 0 Å². The van der Waals surface area contributed by atoms with Crippen molar-refractivity contribution in [3.05, 3.63) is 65.9 Å². The molecule has 114 valence electrons. The molecule has 0 aliphatic carbocycles. The number of benzene rings is 2. The standard InChI is InChI=1S/C18H18NOSe.ClH/c1-14(20)11-12-17-16-9-5-6-10-18(16)21-19(17)13-15-7-3-2-4-8-15;/h2-10H,11-13H2,1H3;1H/q+1;/p-1. The number of carbonyl (C=O) groups excluding carboxylic acids is 1. The maximum absolute atomic E-state index is 11.4. The summed E-state index contributed by atoms with van der Waals surface area (Å²) in [4.78, 5) is 11.4. The molecule has 0 fully saturated rings. The Hall–Kier alpha value is -1.41. The summed E-state index contributed by atoms with van der Waals surface area (Å²) in [5, 5.41) is 1.34. The van der Waals surface area contributed by atoms with E-state index in [-0.39, 0.29) is 18.2 Å². The van der Waals surface area contributed by atoms with Crippen LogP contribution in [-0.4, -0.2) is 20.5 Å². The van der Waals surface area contributed by atoms with Gasteiger partial charge in [-0.1, -0.05) is 0 Å². The van der Waals surface area contributed by atoms with E-state index in [9.17, 15) is 4.79 Å². The van der Waals surface area contributed by atoms with Crippen molar-refractivity contribution < 1.29 is 20.8 Å². The van der Waals surface area contributed by atoms with Crippen LogP contribution < -0.4 is 16.0 Å². The predicted octanol–water partition coefficient (Wildman–Crippen LogP) is -0.242. The molecule has 0 spiro atoms. The summed E-state index contributed by atoms with van der Waals surface area (Å²) in [6, 6.07) is 19.2. The van der Waals surface area contributed by atoms with Crippen molar-refractivity contribution in [3.63, 3.8) is 0 Å². The van der Waals surface area contributed by atoms with Crippen LogP contribution in [0.25, 0.3) is 9.65 Å². The Bertz CT molecular complexity index is 767. The van der Waals surface area contributed by atoms with E-state index < -0.39 is 0 Å². The number of rotatable bonds is 5. The van der Waals surface area contributed by atoms with E-state index in [1.165, 1.54) is 20.9 Å². The number of aromatic nitrogens is 1. The smallest absolute Gasteiger partial charge is 1.00 e. The van der Waals surface area contributed by atoms with Crippen LogP contribution in [0.5, 0.6) is 0 Å². The molecular weight excluding hydrogens is 361 g/mol. The van der Waals surface area contributed by atoms with Crippen molar-refractivity contribution in [1.29, 1.82) is 0 Å². The van der Waals surface area contributed by atoms with Crippen molar-refractivity contribution in [2.75, 3.05) is 0 Å². The van der Waals surface area contributed by atoms with Gasteiger partial charge in [0.15, 0.2) is 0 Å². The van der Waals surface area contributed by atoms with E-state index in [1.54, 1.807) is 6.92 Å². The third-order valence-electron chi connectivity index (χ3n) is 3.59. The molecule has 2 nitrogen and oxygen atoms in total. The molecule has 0 unspecified atom stereocenters. The molecule has 1 aromatic heterocycles. The van der Waals surface area contributed by atoms with Crippen LogP contribution in [0.4, 0.5) is 0 Å². The molecule has 0 atom stereocenters. The summed E-state index contributed by atoms with van der Waals surface area (Å²) in [7, 11) is 0. The Morgan fingerprint density at radius 1 is 1.05 bits per heavy atom. The minimum atomic E-state index is 0. The fourth-order valence-electron chi connectivity index (χ4n) is 2.52. The third-order valence-corrected chi connectivity index (χ3v) is 5.95. The van der Waals surface area contributed by atoms with Crippen LogP contribution in [0.1, 0.15) is 24.6 Å². The topological polar surface area (TPSA) is 20.9 Å². The molecule has 0 bridgehead atoms. The van der Waals surface area contributed by atoms with Gasteiger partial charge in [0.1, 0.15) is 0 Å². The van der Waals surface area contributed by atoms with Gasteiger partial charge in [-0.15, -0.1) is 0 Å². The van der Waals surface area contributed by atoms with Crippen LogP contribution in [0.15, 0.2) is 54.6 Å². The molecule has 0 N–H and O–H groups in total. The Kier molecular flexibility index (Phi) is 5.96. The van der Waals surface area contributed by atoms with Gasteiger partial charge < -0.3 is 12.4 Å². The first-order valence-corrected chi connectivity index (χ1v) is 8.80. The summed E-state index contributed by atoms with van der Waals surface area (Å²) in [5.74, 6) is 0.263. The van der Waals surface area contributed by atoms with E-state index >= 15 is 0 Å². The second-order valence-electron chi connectivity index (χ2n) is 5.26. The fraction of sp³-hybridized carbons (Fsp3) is 0.222. The number of hydrogen-bond donors (Lipinski definition) is 0. The SMILES string of the molecule is CC(=O)CCc1c2ccccc2[se][n+]1Cc1ccccc1.[Cl-]. The zero-order valence-corrected chi connectivity index (χ0v) is 14.9. The quantitative estimate of drug-likeness (QED) is 0.561. The molecule has 2 aromatic carbocycles. The molecule has 0 radical (unpaired) electrons. The Balaban J connectivity index is 0.00000176. The maximum atomic E-state index is 11.4. The minimum Gasteiger partial charge on any atom is -1.00 e. The number of Topliss-reactive ketones (excluding diaryl/α,β-unsaturated/α-hetero) is 1. The van der Waals surface area contributed by atoms with Crippen molar-refractivity contribution >= 4 is 30.2 Å². The monoisotopic (exact) mass is 379 g/mol. The third kappa shape index (κ3) is 3.86. The van der Waals surface area contributed by atoms with Gasteiger partial charge in [-0.2, -0.15) is 0 Å². The summed E-state index contributed by atoms with van der Waals surface area (Å²) in [6.07, 6.45) is 1.48. The second kappa shape index (κ2) is 7.73. The number of carbonyl (C=O) groups is 1. The second-order valence-corrected chi connectivity index (χ2v) is 7.49. The Morgan fingerprint density at radius 3 is 2.45 bits per heavy atom. The Labute approximate surface area is 143 Å². The van der Waals surface area contributed by atoms with Crippen LogP contribution >= 0.6 is 0 Å². The van der Waals surface area contributed by atoms with Gasteiger partial charge in [0.05, 0.1) is 0 Å². The molecular formula is C18H18ClNOSe. The molecule has 0 saturated heterocycles. The molecule has 22 heavy (non-hydrogen) atoms. The van der Waals surface area contributed by atoms with Gasteiger partial charge in [0.25, 0.3) is 0 Å². The number of hydrogen-bond acceptors (Lipinski definition) is 1. The van der Waals surface area contributed by atoms with Crippen LogP contribution in [-0.2, 0) is 17.8 Å². The van der Waals surface area contributed by atoms with E-state index in [2.05, 4.69) is 52.1 Å². The van der Waals surface area contributed by atoms with Crippen molar-refractivity contribution in [1.82, 2.24) is 0 Å². The Morgan fingerprint density at radius 2 is 1.73 bits per heavy atom. The first kappa shape index (κ1) is 17.0. The number of nitrogens with zero attached hydrogens (tertiary/aromatic N) is 1. The van der Waals surface area contributed by atoms with Crippen molar-refractivity contribution in [3.8, 4) is 0 Å². The molecule has 0 aliphatic heterocycles. The zero-order chi connectivity index (χ0) is 14.7. The molecule has 0 saturated carbocycles. The summed E-state index contributed by atoms with van der Waals surface area (Å²) < 4.78 is 3.90. The van der Waals surface area contributed by atoms with Gasteiger partial charge in [-0.05, 0) is 0 Å². The minimum absolute atomic E-state index is 0. The average Bonchev–Trinajstić information content (AvgIpc) is 2.83. The van der Waals surface area contributed by atoms with Gasteiger partial charge >= 0.3 is 131 Å². The summed E-state index contributed by atoms with van der Waals surface area (Å²) in [5.41, 5.74) is 2.66.